The maximum absolute atomic E-state index is 3.12. The predicted octanol–water partition coefficient (Wildman–Crippen LogP) is 3.84. The summed E-state index contributed by atoms with van der Waals surface area (Å²) in [4.78, 5) is 0. The van der Waals surface area contributed by atoms with Crippen molar-refractivity contribution in [2.75, 3.05) is 0 Å². The molecule has 0 amide bonds. The summed E-state index contributed by atoms with van der Waals surface area (Å²) in [6, 6.07) is 0. The Bertz CT molecular complexity index is 215. The Morgan fingerprint density at radius 2 is 1.86 bits per heavy atom. The molecule has 0 bridgehead atoms. The number of hydrogen-bond donors (Lipinski definition) is 0. The average molecular weight is 308 g/mol. The Morgan fingerprint density at radius 3 is 2.00 bits per heavy atom. The summed E-state index contributed by atoms with van der Waals surface area (Å²) >= 11 is 0. The first-order valence-corrected chi connectivity index (χ1v) is 3.85. The van der Waals surface area contributed by atoms with Crippen LogP contribution in [-0.4, -0.2) is 0 Å². The first-order valence-electron chi connectivity index (χ1n) is 3.85. The van der Waals surface area contributed by atoms with Crippen molar-refractivity contribution >= 4 is 24.8 Å². The van der Waals surface area contributed by atoms with E-state index in [0.717, 1.165) is 12.8 Å². The number of allylic oxidation sites excluding steroid dienone is 8. The van der Waals surface area contributed by atoms with E-state index in [2.05, 4.69) is 37.3 Å². The third-order valence-electron chi connectivity index (χ3n) is 1.45. The minimum Gasteiger partial charge on any atom is -0.273 e. The summed E-state index contributed by atoms with van der Waals surface area (Å²) in [5.41, 5.74) is 1.27. The zero-order chi connectivity index (χ0) is 7.94. The minimum absolute atomic E-state index is 0. The van der Waals surface area contributed by atoms with Gasteiger partial charge >= 0.3 is 26.2 Å². The van der Waals surface area contributed by atoms with Crippen LogP contribution in [0.25, 0.3) is 0 Å². The molecule has 0 aromatic rings. The number of rotatable bonds is 0. The largest absolute Gasteiger partial charge is 2.00 e. The van der Waals surface area contributed by atoms with Crippen molar-refractivity contribution in [1.82, 2.24) is 0 Å². The smallest absolute Gasteiger partial charge is 0.273 e. The van der Waals surface area contributed by atoms with E-state index in [1.165, 1.54) is 5.57 Å². The molecule has 2 aliphatic carbocycles. The van der Waals surface area contributed by atoms with E-state index in [4.69, 9.17) is 0 Å². The number of halogens is 2. The molecular weight excluding hydrogens is 294 g/mol. The molecular formula is C11H14Cl2Zr. The van der Waals surface area contributed by atoms with Gasteiger partial charge in [-0.05, 0) is 0 Å². The van der Waals surface area contributed by atoms with Crippen LogP contribution >= 0.6 is 24.8 Å². The molecule has 0 unspecified atom stereocenters. The zero-order valence-electron chi connectivity index (χ0n) is 8.12. The second kappa shape index (κ2) is 13.4. The molecule has 0 atom stereocenters. The summed E-state index contributed by atoms with van der Waals surface area (Å²) in [6.45, 7) is 2.06. The van der Waals surface area contributed by atoms with Crippen molar-refractivity contribution in [2.45, 2.75) is 19.8 Å². The van der Waals surface area contributed by atoms with Crippen LogP contribution in [0.5, 0.6) is 0 Å². The first kappa shape index (κ1) is 19.9. The van der Waals surface area contributed by atoms with Gasteiger partial charge in [0.15, 0.2) is 0 Å². The van der Waals surface area contributed by atoms with Crippen molar-refractivity contribution in [3.05, 3.63) is 48.1 Å². The molecule has 0 aromatic heterocycles. The van der Waals surface area contributed by atoms with E-state index in [1.54, 1.807) is 0 Å². The molecule has 0 aromatic carbocycles. The molecule has 0 heterocycles. The summed E-state index contributed by atoms with van der Waals surface area (Å²) in [5.74, 6) is 0. The Morgan fingerprint density at radius 1 is 1.14 bits per heavy atom. The topological polar surface area (TPSA) is 0 Å². The third-order valence-corrected chi connectivity index (χ3v) is 1.45. The van der Waals surface area contributed by atoms with E-state index in [9.17, 15) is 0 Å². The van der Waals surface area contributed by atoms with Gasteiger partial charge in [0.25, 0.3) is 0 Å². The van der Waals surface area contributed by atoms with Gasteiger partial charge in [-0.2, -0.15) is 12.2 Å². The van der Waals surface area contributed by atoms with E-state index in [-0.39, 0.29) is 51.0 Å². The van der Waals surface area contributed by atoms with E-state index < -0.39 is 0 Å². The monoisotopic (exact) mass is 306 g/mol. The molecule has 76 valence electrons. The standard InChI is InChI=1S/C6H7.C5H5.2ClH.Zr/c1-6-4-2-3-5-6;1-2-4-5-3-1;;;/h2,4H,3H2,1H3;1-3H,4H2;2*1H;/q2*-1;;;+2. The van der Waals surface area contributed by atoms with E-state index in [0.29, 0.717) is 0 Å². The molecule has 14 heavy (non-hydrogen) atoms. The van der Waals surface area contributed by atoms with Crippen molar-refractivity contribution in [1.29, 1.82) is 0 Å². The quantitative estimate of drug-likeness (QED) is 0.596. The summed E-state index contributed by atoms with van der Waals surface area (Å²) in [6.07, 6.45) is 18.3. The molecule has 3 heteroatoms. The second-order valence-electron chi connectivity index (χ2n) is 2.47. The second-order valence-corrected chi connectivity index (χ2v) is 2.47. The molecule has 0 saturated heterocycles. The van der Waals surface area contributed by atoms with Crippen LogP contribution in [0, 0.1) is 12.2 Å². The van der Waals surface area contributed by atoms with Gasteiger partial charge in [-0.3, -0.25) is 12.2 Å². The van der Waals surface area contributed by atoms with Gasteiger partial charge in [-0.25, -0.2) is 23.8 Å². The van der Waals surface area contributed by atoms with Gasteiger partial charge in [-0.1, -0.05) is 6.92 Å². The first-order chi connectivity index (χ1) is 5.39. The Labute approximate surface area is 118 Å². The van der Waals surface area contributed by atoms with Crippen molar-refractivity contribution in [3.63, 3.8) is 0 Å². The zero-order valence-corrected chi connectivity index (χ0v) is 12.2. The van der Waals surface area contributed by atoms with Crippen molar-refractivity contribution < 1.29 is 26.2 Å². The normalized spacial score (nSPS) is 14.2. The van der Waals surface area contributed by atoms with Gasteiger partial charge in [0.1, 0.15) is 0 Å². The molecule has 0 N–H and O–H groups in total. The molecule has 0 fully saturated rings. The van der Waals surface area contributed by atoms with Gasteiger partial charge in [-0.15, -0.1) is 37.7 Å². The fourth-order valence-electron chi connectivity index (χ4n) is 0.855. The summed E-state index contributed by atoms with van der Waals surface area (Å²) in [7, 11) is 0. The SMILES string of the molecule is CC1=[C-]CC=C1.Cl.Cl.[C-]1=CC=CC1.[Zr+2]. The Hall–Kier alpha value is 0.423. The van der Waals surface area contributed by atoms with Crippen LogP contribution in [0.1, 0.15) is 19.8 Å². The van der Waals surface area contributed by atoms with Gasteiger partial charge in [0, 0.05) is 0 Å². The number of hydrogen-bond acceptors (Lipinski definition) is 0. The van der Waals surface area contributed by atoms with E-state index in [1.807, 2.05) is 12.2 Å². The van der Waals surface area contributed by atoms with Crippen LogP contribution in [0.4, 0.5) is 0 Å². The van der Waals surface area contributed by atoms with Crippen LogP contribution in [0.15, 0.2) is 36.0 Å². The van der Waals surface area contributed by atoms with Gasteiger partial charge < -0.3 is 0 Å². The fraction of sp³-hybridized carbons (Fsp3) is 0.273. The van der Waals surface area contributed by atoms with Crippen LogP contribution in [0.3, 0.4) is 0 Å². The molecule has 0 spiro atoms. The average Bonchev–Trinajstić information content (AvgIpc) is 2.57. The van der Waals surface area contributed by atoms with Gasteiger partial charge in [0.2, 0.25) is 0 Å². The molecule has 0 nitrogen and oxygen atoms in total. The molecule has 2 rings (SSSR count). The van der Waals surface area contributed by atoms with E-state index >= 15 is 0 Å². The maximum Gasteiger partial charge on any atom is 2.00 e. The van der Waals surface area contributed by atoms with Crippen molar-refractivity contribution in [2.24, 2.45) is 0 Å². The molecule has 2 aliphatic rings. The van der Waals surface area contributed by atoms with Crippen LogP contribution in [0.2, 0.25) is 0 Å². The Kier molecular flexibility index (Phi) is 19.1. The summed E-state index contributed by atoms with van der Waals surface area (Å²) < 4.78 is 0. The predicted molar refractivity (Wildman–Crippen MR) is 62.3 cm³/mol. The summed E-state index contributed by atoms with van der Waals surface area (Å²) in [5, 5.41) is 0. The minimum atomic E-state index is 0. The van der Waals surface area contributed by atoms with Crippen molar-refractivity contribution in [3.8, 4) is 0 Å². The molecule has 0 aliphatic heterocycles. The van der Waals surface area contributed by atoms with Crippen LogP contribution < -0.4 is 0 Å². The Balaban J connectivity index is -0.000000144. The van der Waals surface area contributed by atoms with Crippen LogP contribution in [-0.2, 0) is 26.2 Å². The fourth-order valence-corrected chi connectivity index (χ4v) is 0.855. The van der Waals surface area contributed by atoms with Gasteiger partial charge in [0.05, 0.1) is 0 Å². The molecule has 0 radical (unpaired) electrons. The third kappa shape index (κ3) is 10.5. The molecule has 0 saturated carbocycles. The maximum atomic E-state index is 3.12.